The molecule has 8 heteroatoms. The summed E-state index contributed by atoms with van der Waals surface area (Å²) in [7, 11) is 0. The van der Waals surface area contributed by atoms with Gasteiger partial charge in [-0.1, -0.05) is 29.3 Å². The molecule has 3 rings (SSSR count). The monoisotopic (exact) mass is 417 g/mol. The molecule has 0 bridgehead atoms. The molecule has 0 aromatic heterocycles. The lowest BCUT2D eigenvalue weighted by molar-refractivity contribution is -0.138. The molecule has 0 aliphatic carbocycles. The Bertz CT molecular complexity index is 886. The Morgan fingerprint density at radius 3 is 2.59 bits per heavy atom. The standard InChI is InChI=1S/C19H16Cl2F3NO2/c20-13-4-6-16-11(8-13)10-18(25-16,7-1-2-17(26)27)12-3-5-15(21)14(9-12)19(22,23)24/h3-6,8-9,25H,1-2,7,10H2,(H,26,27). The second-order valence-corrected chi connectivity index (χ2v) is 7.47. The van der Waals surface area contributed by atoms with Crippen molar-refractivity contribution in [1.29, 1.82) is 0 Å². The summed E-state index contributed by atoms with van der Waals surface area (Å²) in [6.45, 7) is 0. The molecule has 0 fully saturated rings. The molecule has 1 heterocycles. The van der Waals surface area contributed by atoms with Crippen molar-refractivity contribution in [2.75, 3.05) is 5.32 Å². The fourth-order valence-corrected chi connectivity index (χ4v) is 3.93. The van der Waals surface area contributed by atoms with E-state index in [4.69, 9.17) is 28.3 Å². The van der Waals surface area contributed by atoms with Crippen molar-refractivity contribution in [2.45, 2.75) is 37.4 Å². The van der Waals surface area contributed by atoms with Gasteiger partial charge in [-0.2, -0.15) is 13.2 Å². The highest BCUT2D eigenvalue weighted by Crippen LogP contribution is 2.45. The zero-order valence-corrected chi connectivity index (χ0v) is 15.5. The fourth-order valence-electron chi connectivity index (χ4n) is 3.51. The first-order valence-corrected chi connectivity index (χ1v) is 9.02. The first kappa shape index (κ1) is 19.8. The molecule has 2 aromatic carbocycles. The van der Waals surface area contributed by atoms with Crippen LogP contribution in [0.25, 0.3) is 0 Å². The molecule has 0 spiro atoms. The fraction of sp³-hybridized carbons (Fsp3) is 0.316. The van der Waals surface area contributed by atoms with Crippen molar-refractivity contribution in [3.8, 4) is 0 Å². The number of benzene rings is 2. The van der Waals surface area contributed by atoms with Crippen LogP contribution in [0.1, 0.15) is 36.0 Å². The van der Waals surface area contributed by atoms with E-state index in [0.29, 0.717) is 29.8 Å². The molecule has 1 aliphatic rings. The van der Waals surface area contributed by atoms with Gasteiger partial charge < -0.3 is 10.4 Å². The number of hydrogen-bond donors (Lipinski definition) is 2. The number of halogens is 5. The second-order valence-electron chi connectivity index (χ2n) is 6.63. The van der Waals surface area contributed by atoms with Gasteiger partial charge in [0.25, 0.3) is 0 Å². The molecule has 1 unspecified atom stereocenters. The highest BCUT2D eigenvalue weighted by Gasteiger charge is 2.41. The maximum atomic E-state index is 13.3. The van der Waals surface area contributed by atoms with E-state index >= 15 is 0 Å². The van der Waals surface area contributed by atoms with E-state index in [0.717, 1.165) is 17.3 Å². The van der Waals surface area contributed by atoms with Crippen LogP contribution < -0.4 is 5.32 Å². The lowest BCUT2D eigenvalue weighted by Crippen LogP contribution is -2.33. The van der Waals surface area contributed by atoms with Crippen molar-refractivity contribution in [3.05, 3.63) is 63.1 Å². The highest BCUT2D eigenvalue weighted by atomic mass is 35.5. The second kappa shape index (κ2) is 7.24. The first-order valence-electron chi connectivity index (χ1n) is 8.26. The Labute approximate surface area is 164 Å². The number of hydrogen-bond acceptors (Lipinski definition) is 2. The van der Waals surface area contributed by atoms with Crippen LogP contribution in [0.3, 0.4) is 0 Å². The zero-order chi connectivity index (χ0) is 19.8. The van der Waals surface area contributed by atoms with E-state index in [1.807, 2.05) is 0 Å². The minimum Gasteiger partial charge on any atom is -0.481 e. The van der Waals surface area contributed by atoms with Gasteiger partial charge in [0.15, 0.2) is 0 Å². The molecule has 0 radical (unpaired) electrons. The lowest BCUT2D eigenvalue weighted by Gasteiger charge is -2.32. The molecular formula is C19H16Cl2F3NO2. The smallest absolute Gasteiger partial charge is 0.417 e. The van der Waals surface area contributed by atoms with E-state index < -0.39 is 23.2 Å². The predicted molar refractivity (Wildman–Crippen MR) is 98.4 cm³/mol. The van der Waals surface area contributed by atoms with Crippen molar-refractivity contribution < 1.29 is 23.1 Å². The number of carboxylic acids is 1. The van der Waals surface area contributed by atoms with E-state index in [-0.39, 0.29) is 11.4 Å². The number of alkyl halides is 3. The number of aliphatic carboxylic acids is 1. The summed E-state index contributed by atoms with van der Waals surface area (Å²) in [5, 5.41) is 12.4. The Kier molecular flexibility index (Phi) is 5.32. The van der Waals surface area contributed by atoms with Crippen LogP contribution in [0.15, 0.2) is 36.4 Å². The maximum absolute atomic E-state index is 13.3. The number of carboxylic acid groups (broad SMARTS) is 1. The molecule has 0 saturated heterocycles. The van der Waals surface area contributed by atoms with Crippen molar-refractivity contribution in [3.63, 3.8) is 0 Å². The number of nitrogens with one attached hydrogen (secondary N) is 1. The van der Waals surface area contributed by atoms with E-state index in [2.05, 4.69) is 5.32 Å². The van der Waals surface area contributed by atoms with Crippen molar-refractivity contribution in [1.82, 2.24) is 0 Å². The van der Waals surface area contributed by atoms with Crippen molar-refractivity contribution in [2.24, 2.45) is 0 Å². The van der Waals surface area contributed by atoms with Gasteiger partial charge in [0.2, 0.25) is 0 Å². The molecule has 3 nitrogen and oxygen atoms in total. The topological polar surface area (TPSA) is 49.3 Å². The van der Waals surface area contributed by atoms with Crippen LogP contribution in [-0.4, -0.2) is 11.1 Å². The molecule has 1 atom stereocenters. The third-order valence-corrected chi connectivity index (χ3v) is 5.32. The zero-order valence-electron chi connectivity index (χ0n) is 14.0. The van der Waals surface area contributed by atoms with Gasteiger partial charge in [0.1, 0.15) is 0 Å². The van der Waals surface area contributed by atoms with Gasteiger partial charge in [0, 0.05) is 23.6 Å². The number of fused-ring (bicyclic) bond motifs is 1. The Hall–Kier alpha value is -1.92. The average molecular weight is 418 g/mol. The summed E-state index contributed by atoms with van der Waals surface area (Å²) in [6.07, 6.45) is -3.58. The normalized spacial score (nSPS) is 18.9. The summed E-state index contributed by atoms with van der Waals surface area (Å²) in [5.74, 6) is -0.948. The Balaban J connectivity index is 2.03. The largest absolute Gasteiger partial charge is 0.481 e. The average Bonchev–Trinajstić information content (AvgIpc) is 2.92. The maximum Gasteiger partial charge on any atom is 0.417 e. The molecule has 0 saturated carbocycles. The molecule has 2 N–H and O–H groups in total. The number of anilines is 1. The summed E-state index contributed by atoms with van der Waals surface area (Å²) in [5.41, 5.74) is 0.305. The third kappa shape index (κ3) is 4.17. The summed E-state index contributed by atoms with van der Waals surface area (Å²) < 4.78 is 39.9. The Morgan fingerprint density at radius 1 is 1.19 bits per heavy atom. The number of carbonyl (C=O) groups is 1. The predicted octanol–water partition coefficient (Wildman–Crippen LogP) is 6.13. The molecule has 2 aromatic rings. The van der Waals surface area contributed by atoms with Crippen LogP contribution >= 0.6 is 23.2 Å². The van der Waals surface area contributed by atoms with Crippen LogP contribution in [0.2, 0.25) is 10.0 Å². The van der Waals surface area contributed by atoms with E-state index in [9.17, 15) is 18.0 Å². The van der Waals surface area contributed by atoms with Gasteiger partial charge in [-0.25, -0.2) is 0 Å². The summed E-state index contributed by atoms with van der Waals surface area (Å²) >= 11 is 11.8. The molecular weight excluding hydrogens is 402 g/mol. The molecule has 27 heavy (non-hydrogen) atoms. The quantitative estimate of drug-likeness (QED) is 0.614. The molecule has 144 valence electrons. The van der Waals surface area contributed by atoms with Gasteiger partial charge >= 0.3 is 12.1 Å². The van der Waals surface area contributed by atoms with Crippen LogP contribution in [0.4, 0.5) is 18.9 Å². The molecule has 1 aliphatic heterocycles. The Morgan fingerprint density at radius 2 is 1.93 bits per heavy atom. The summed E-state index contributed by atoms with van der Waals surface area (Å²) in [4.78, 5) is 10.9. The minimum atomic E-state index is -4.58. The van der Waals surface area contributed by atoms with Gasteiger partial charge in [-0.15, -0.1) is 0 Å². The minimum absolute atomic E-state index is 0.0692. The summed E-state index contributed by atoms with van der Waals surface area (Å²) in [6, 6.07) is 9.07. The lowest BCUT2D eigenvalue weighted by atomic mass is 9.82. The first-order chi connectivity index (χ1) is 12.6. The van der Waals surface area contributed by atoms with Gasteiger partial charge in [-0.3, -0.25) is 4.79 Å². The van der Waals surface area contributed by atoms with Gasteiger partial charge in [0.05, 0.1) is 16.1 Å². The van der Waals surface area contributed by atoms with E-state index in [1.165, 1.54) is 6.07 Å². The molecule has 0 amide bonds. The van der Waals surface area contributed by atoms with Gasteiger partial charge in [-0.05, 0) is 54.3 Å². The van der Waals surface area contributed by atoms with Crippen LogP contribution in [-0.2, 0) is 22.9 Å². The third-order valence-electron chi connectivity index (χ3n) is 4.75. The highest BCUT2D eigenvalue weighted by molar-refractivity contribution is 6.31. The SMILES string of the molecule is O=C(O)CCCC1(c2ccc(Cl)c(C(F)(F)F)c2)Cc2cc(Cl)ccc2N1. The number of rotatable bonds is 5. The van der Waals surface area contributed by atoms with Crippen LogP contribution in [0.5, 0.6) is 0 Å². The van der Waals surface area contributed by atoms with Crippen LogP contribution in [0, 0.1) is 0 Å². The van der Waals surface area contributed by atoms with Crippen molar-refractivity contribution >= 4 is 34.9 Å². The van der Waals surface area contributed by atoms with E-state index in [1.54, 1.807) is 24.3 Å².